The third-order valence-corrected chi connectivity index (χ3v) is 3.23. The molecule has 0 saturated carbocycles. The first-order chi connectivity index (χ1) is 7.23. The molecule has 4 nitrogen and oxygen atoms in total. The van der Waals surface area contributed by atoms with Gasteiger partial charge < -0.3 is 0 Å². The van der Waals surface area contributed by atoms with Crippen molar-refractivity contribution >= 4 is 10.0 Å². The molecule has 0 bridgehead atoms. The molecule has 0 atom stereocenters. The summed E-state index contributed by atoms with van der Waals surface area (Å²) in [5.74, 6) is 0. The number of benzene rings is 1. The van der Waals surface area contributed by atoms with Gasteiger partial charge in [-0.25, -0.2) is 8.42 Å². The zero-order valence-electron chi connectivity index (χ0n) is 8.10. The van der Waals surface area contributed by atoms with Gasteiger partial charge in [-0.2, -0.15) is 4.84 Å². The van der Waals surface area contributed by atoms with Crippen molar-refractivity contribution in [1.82, 2.24) is 4.47 Å². The van der Waals surface area contributed by atoms with Gasteiger partial charge in [0.25, 0.3) is 10.0 Å². The zero-order chi connectivity index (χ0) is 12.4. The van der Waals surface area contributed by atoms with Gasteiger partial charge in [-0.05, 0) is 12.1 Å². The molecule has 0 amide bonds. The molecule has 1 aromatic rings. The second-order valence-electron chi connectivity index (χ2n) is 2.76. The molecule has 16 heavy (non-hydrogen) atoms. The van der Waals surface area contributed by atoms with Crippen LogP contribution in [0.3, 0.4) is 0 Å². The highest BCUT2D eigenvalue weighted by Crippen LogP contribution is 2.22. The number of hydrogen-bond acceptors (Lipinski definition) is 3. The molecule has 0 N–H and O–H groups in total. The summed E-state index contributed by atoms with van der Waals surface area (Å²) < 4.78 is 58.3. The van der Waals surface area contributed by atoms with E-state index in [1.807, 2.05) is 0 Å². The van der Waals surface area contributed by atoms with Gasteiger partial charge in [-0.3, -0.25) is 0 Å². The van der Waals surface area contributed by atoms with Crippen LogP contribution in [-0.2, 0) is 14.9 Å². The predicted molar refractivity (Wildman–Crippen MR) is 48.5 cm³/mol. The van der Waals surface area contributed by atoms with Gasteiger partial charge in [-0.15, -0.1) is 13.2 Å². The fourth-order valence-corrected chi connectivity index (χ4v) is 1.92. The molecule has 0 spiro atoms. The van der Waals surface area contributed by atoms with Crippen LogP contribution in [0.15, 0.2) is 35.2 Å². The van der Waals surface area contributed by atoms with E-state index in [1.54, 1.807) is 6.07 Å². The van der Waals surface area contributed by atoms with Crippen molar-refractivity contribution in [2.24, 2.45) is 0 Å². The molecule has 0 aliphatic rings. The Balaban J connectivity index is 2.96. The third-order valence-electron chi connectivity index (χ3n) is 1.61. The Bertz CT molecular complexity index is 443. The first-order valence-corrected chi connectivity index (χ1v) is 5.47. The third kappa shape index (κ3) is 3.19. The monoisotopic (exact) mass is 255 g/mol. The largest absolute Gasteiger partial charge is 0.540 e. The highest BCUT2D eigenvalue weighted by atomic mass is 32.2. The summed E-state index contributed by atoms with van der Waals surface area (Å²) in [7, 11) is -3.60. The number of halogens is 3. The van der Waals surface area contributed by atoms with Crippen molar-refractivity contribution in [2.45, 2.75) is 11.3 Å². The molecule has 0 aromatic heterocycles. The van der Waals surface area contributed by atoms with Crippen LogP contribution < -0.4 is 0 Å². The number of hydrogen-bond donors (Lipinski definition) is 0. The highest BCUT2D eigenvalue weighted by molar-refractivity contribution is 7.89. The Hall–Kier alpha value is -1.12. The van der Waals surface area contributed by atoms with Gasteiger partial charge in [0.15, 0.2) is 0 Å². The fraction of sp³-hybridized carbons (Fsp3) is 0.250. The maximum absolute atomic E-state index is 11.8. The van der Waals surface area contributed by atoms with Crippen LogP contribution in [0.4, 0.5) is 13.2 Å². The van der Waals surface area contributed by atoms with Crippen molar-refractivity contribution in [3.63, 3.8) is 0 Å². The lowest BCUT2D eigenvalue weighted by Crippen LogP contribution is -2.33. The molecular formula is C8H8F3NO3S. The van der Waals surface area contributed by atoms with Gasteiger partial charge >= 0.3 is 6.36 Å². The van der Waals surface area contributed by atoms with E-state index in [0.717, 1.165) is 0 Å². The summed E-state index contributed by atoms with van der Waals surface area (Å²) in [6.07, 6.45) is -5.05. The first kappa shape index (κ1) is 12.9. The smallest absolute Gasteiger partial charge is 0.205 e. The van der Waals surface area contributed by atoms with Crippen molar-refractivity contribution in [1.29, 1.82) is 0 Å². The zero-order valence-corrected chi connectivity index (χ0v) is 8.92. The summed E-state index contributed by atoms with van der Waals surface area (Å²) in [5.41, 5.74) is 0. The predicted octanol–water partition coefficient (Wildman–Crippen LogP) is 1.76. The van der Waals surface area contributed by atoms with Crippen LogP contribution in [0.2, 0.25) is 0 Å². The van der Waals surface area contributed by atoms with Crippen LogP contribution in [0, 0.1) is 0 Å². The standard InChI is InChI=1S/C8H8F3NO3S/c1-12(15-8(9,10)11)16(13,14)7-5-3-2-4-6-7/h2-6H,1H3. The summed E-state index contributed by atoms with van der Waals surface area (Å²) in [5, 5.41) is 0. The summed E-state index contributed by atoms with van der Waals surface area (Å²) >= 11 is 0. The quantitative estimate of drug-likeness (QED) is 0.773. The Morgan fingerprint density at radius 2 is 1.69 bits per heavy atom. The molecule has 1 aromatic carbocycles. The molecule has 8 heteroatoms. The maximum atomic E-state index is 11.8. The van der Waals surface area contributed by atoms with E-state index in [4.69, 9.17) is 0 Å². The Morgan fingerprint density at radius 3 is 2.12 bits per heavy atom. The van der Waals surface area contributed by atoms with Crippen LogP contribution in [-0.4, -0.2) is 26.3 Å². The number of rotatable bonds is 3. The van der Waals surface area contributed by atoms with Gasteiger partial charge in [0.05, 0.1) is 4.90 Å². The van der Waals surface area contributed by atoms with Crippen LogP contribution in [0.1, 0.15) is 0 Å². The minimum Gasteiger partial charge on any atom is -0.205 e. The summed E-state index contributed by atoms with van der Waals surface area (Å²) in [6.45, 7) is 0. The van der Waals surface area contributed by atoms with E-state index in [9.17, 15) is 21.6 Å². The van der Waals surface area contributed by atoms with Gasteiger partial charge in [-0.1, -0.05) is 22.7 Å². The van der Waals surface area contributed by atoms with Gasteiger partial charge in [0.1, 0.15) is 0 Å². The van der Waals surface area contributed by atoms with E-state index in [-0.39, 0.29) is 9.36 Å². The van der Waals surface area contributed by atoms with Crippen LogP contribution in [0.5, 0.6) is 0 Å². The van der Waals surface area contributed by atoms with E-state index < -0.39 is 16.4 Å². The lowest BCUT2D eigenvalue weighted by molar-refractivity contribution is -0.385. The first-order valence-electron chi connectivity index (χ1n) is 4.03. The average molecular weight is 255 g/mol. The average Bonchev–Trinajstić information content (AvgIpc) is 2.16. The molecular weight excluding hydrogens is 247 g/mol. The number of alkyl halides is 3. The van der Waals surface area contributed by atoms with Crippen LogP contribution >= 0.6 is 0 Å². The van der Waals surface area contributed by atoms with Gasteiger partial charge in [0.2, 0.25) is 0 Å². The van der Waals surface area contributed by atoms with Crippen LogP contribution in [0.25, 0.3) is 0 Å². The molecule has 0 radical (unpaired) electrons. The highest BCUT2D eigenvalue weighted by Gasteiger charge is 2.36. The number of sulfonamides is 1. The van der Waals surface area contributed by atoms with E-state index in [1.165, 1.54) is 24.3 Å². The molecule has 90 valence electrons. The van der Waals surface area contributed by atoms with Crippen molar-refractivity contribution in [3.8, 4) is 0 Å². The number of hydroxylamine groups is 1. The summed E-state index contributed by atoms with van der Waals surface area (Å²) in [6, 6.07) is 6.68. The lowest BCUT2D eigenvalue weighted by Gasteiger charge is -2.17. The van der Waals surface area contributed by atoms with E-state index in [2.05, 4.69) is 4.84 Å². The molecule has 0 heterocycles. The minimum absolute atomic E-state index is 0.220. The van der Waals surface area contributed by atoms with Crippen molar-refractivity contribution < 1.29 is 26.4 Å². The topological polar surface area (TPSA) is 46.6 Å². The molecule has 0 fully saturated rings. The second-order valence-corrected chi connectivity index (χ2v) is 4.70. The Kier molecular flexibility index (Phi) is 3.56. The molecule has 0 saturated heterocycles. The summed E-state index contributed by atoms with van der Waals surface area (Å²) in [4.78, 5) is 3.03. The van der Waals surface area contributed by atoms with Crippen molar-refractivity contribution in [3.05, 3.63) is 30.3 Å². The Labute approximate surface area is 90.2 Å². The van der Waals surface area contributed by atoms with E-state index >= 15 is 0 Å². The fourth-order valence-electron chi connectivity index (χ4n) is 0.936. The maximum Gasteiger partial charge on any atom is 0.540 e. The molecule has 1 rings (SSSR count). The minimum atomic E-state index is -5.05. The second kappa shape index (κ2) is 4.40. The molecule has 0 aliphatic carbocycles. The molecule has 0 unspecified atom stereocenters. The van der Waals surface area contributed by atoms with Gasteiger partial charge in [0, 0.05) is 7.05 Å². The van der Waals surface area contributed by atoms with E-state index in [0.29, 0.717) is 7.05 Å². The van der Waals surface area contributed by atoms with Crippen molar-refractivity contribution in [2.75, 3.05) is 7.05 Å². The SMILES string of the molecule is CN(OC(F)(F)F)S(=O)(=O)c1ccccc1. The lowest BCUT2D eigenvalue weighted by atomic mass is 10.4. The Morgan fingerprint density at radius 1 is 1.19 bits per heavy atom. The number of nitrogens with zero attached hydrogens (tertiary/aromatic N) is 1. The molecule has 0 aliphatic heterocycles. The normalized spacial score (nSPS) is 13.1.